The first kappa shape index (κ1) is 14.3. The zero-order chi connectivity index (χ0) is 14.7. The van der Waals surface area contributed by atoms with Crippen LogP contribution in [0.5, 0.6) is 5.75 Å². The van der Waals surface area contributed by atoms with Crippen molar-refractivity contribution in [2.24, 2.45) is 0 Å². The van der Waals surface area contributed by atoms with E-state index < -0.39 is 5.97 Å². The van der Waals surface area contributed by atoms with E-state index in [0.717, 1.165) is 15.6 Å². The Hall–Kier alpha value is -2.14. The first-order chi connectivity index (χ1) is 9.55. The molecule has 0 radical (unpaired) electrons. The SMILES string of the molecule is C=Cc1cc2sc(C(=O)CCC(=O)O)cc2cc1OC. The smallest absolute Gasteiger partial charge is 0.303 e. The average Bonchev–Trinajstić information content (AvgIpc) is 2.85. The van der Waals surface area contributed by atoms with Gasteiger partial charge in [0, 0.05) is 16.7 Å². The Morgan fingerprint density at radius 1 is 1.35 bits per heavy atom. The summed E-state index contributed by atoms with van der Waals surface area (Å²) in [5, 5.41) is 9.52. The van der Waals surface area contributed by atoms with Gasteiger partial charge in [-0.25, -0.2) is 0 Å². The second-order valence-corrected chi connectivity index (χ2v) is 5.35. The van der Waals surface area contributed by atoms with Crippen molar-refractivity contribution in [3.63, 3.8) is 0 Å². The second-order valence-electron chi connectivity index (χ2n) is 4.26. The monoisotopic (exact) mass is 290 g/mol. The molecule has 5 heteroatoms. The molecule has 1 heterocycles. The lowest BCUT2D eigenvalue weighted by atomic mass is 10.1. The molecule has 0 amide bonds. The maximum atomic E-state index is 11.9. The molecule has 2 aromatic rings. The number of hydrogen-bond acceptors (Lipinski definition) is 4. The summed E-state index contributed by atoms with van der Waals surface area (Å²) < 4.78 is 6.22. The van der Waals surface area contributed by atoms with Crippen molar-refractivity contribution in [2.45, 2.75) is 12.8 Å². The normalized spacial score (nSPS) is 10.4. The Morgan fingerprint density at radius 2 is 2.10 bits per heavy atom. The van der Waals surface area contributed by atoms with Crippen LogP contribution in [0.3, 0.4) is 0 Å². The Labute approximate surface area is 120 Å². The molecule has 2 rings (SSSR count). The number of hydrogen-bond donors (Lipinski definition) is 1. The average molecular weight is 290 g/mol. The van der Waals surface area contributed by atoms with Gasteiger partial charge in [0.05, 0.1) is 18.4 Å². The van der Waals surface area contributed by atoms with E-state index in [4.69, 9.17) is 9.84 Å². The number of ketones is 1. The van der Waals surface area contributed by atoms with Crippen LogP contribution in [-0.2, 0) is 4.79 Å². The van der Waals surface area contributed by atoms with Crippen LogP contribution < -0.4 is 4.74 Å². The van der Waals surface area contributed by atoms with Gasteiger partial charge in [0.15, 0.2) is 5.78 Å². The van der Waals surface area contributed by atoms with Crippen LogP contribution in [0.15, 0.2) is 24.8 Å². The zero-order valence-corrected chi connectivity index (χ0v) is 11.8. The van der Waals surface area contributed by atoms with Gasteiger partial charge in [-0.05, 0) is 23.6 Å². The lowest BCUT2D eigenvalue weighted by molar-refractivity contribution is -0.136. The molecule has 1 N–H and O–H groups in total. The maximum Gasteiger partial charge on any atom is 0.303 e. The van der Waals surface area contributed by atoms with Crippen LogP contribution >= 0.6 is 11.3 Å². The number of ether oxygens (including phenoxy) is 1. The van der Waals surface area contributed by atoms with E-state index in [1.54, 1.807) is 19.3 Å². The van der Waals surface area contributed by atoms with Crippen LogP contribution in [0.2, 0.25) is 0 Å². The minimum Gasteiger partial charge on any atom is -0.496 e. The molecule has 0 unspecified atom stereocenters. The highest BCUT2D eigenvalue weighted by Gasteiger charge is 2.13. The summed E-state index contributed by atoms with van der Waals surface area (Å²) in [4.78, 5) is 23.0. The lowest BCUT2D eigenvalue weighted by Gasteiger charge is -2.04. The van der Waals surface area contributed by atoms with Crippen LogP contribution in [0, 0.1) is 0 Å². The standard InChI is InChI=1S/C15H14O4S/c1-3-9-7-13-10(6-12(9)19-2)8-14(20-13)11(16)4-5-15(17)18/h3,6-8H,1,4-5H2,2H3,(H,17,18). The molecule has 0 fully saturated rings. The van der Waals surface area contributed by atoms with Crippen molar-refractivity contribution in [1.82, 2.24) is 0 Å². The first-order valence-electron chi connectivity index (χ1n) is 6.04. The highest BCUT2D eigenvalue weighted by Crippen LogP contribution is 2.33. The predicted molar refractivity (Wildman–Crippen MR) is 79.7 cm³/mol. The van der Waals surface area contributed by atoms with Gasteiger partial charge in [-0.3, -0.25) is 9.59 Å². The molecule has 0 spiro atoms. The van der Waals surface area contributed by atoms with Gasteiger partial charge < -0.3 is 9.84 Å². The molecule has 1 aromatic carbocycles. The van der Waals surface area contributed by atoms with E-state index in [-0.39, 0.29) is 18.6 Å². The van der Waals surface area contributed by atoms with E-state index in [1.807, 2.05) is 12.1 Å². The molecule has 4 nitrogen and oxygen atoms in total. The van der Waals surface area contributed by atoms with Crippen LogP contribution in [0.25, 0.3) is 16.2 Å². The third kappa shape index (κ3) is 2.88. The highest BCUT2D eigenvalue weighted by atomic mass is 32.1. The molecule has 0 saturated carbocycles. The fourth-order valence-electron chi connectivity index (χ4n) is 1.90. The van der Waals surface area contributed by atoms with Crippen LogP contribution in [-0.4, -0.2) is 24.0 Å². The molecule has 104 valence electrons. The molecule has 0 saturated heterocycles. The van der Waals surface area contributed by atoms with E-state index in [2.05, 4.69) is 6.58 Å². The van der Waals surface area contributed by atoms with Gasteiger partial charge in [-0.15, -0.1) is 11.3 Å². The van der Waals surface area contributed by atoms with Crippen molar-refractivity contribution in [2.75, 3.05) is 7.11 Å². The van der Waals surface area contributed by atoms with Crippen LogP contribution in [0.1, 0.15) is 28.1 Å². The van der Waals surface area contributed by atoms with Crippen molar-refractivity contribution in [3.05, 3.63) is 35.2 Å². The van der Waals surface area contributed by atoms with Crippen molar-refractivity contribution in [3.8, 4) is 5.75 Å². The topological polar surface area (TPSA) is 63.6 Å². The minimum absolute atomic E-state index is 0.0214. The number of carboxylic acid groups (broad SMARTS) is 1. The Balaban J connectivity index is 2.35. The summed E-state index contributed by atoms with van der Waals surface area (Å²) in [7, 11) is 1.58. The molecule has 20 heavy (non-hydrogen) atoms. The van der Waals surface area contributed by atoms with E-state index in [1.165, 1.54) is 11.3 Å². The molecular formula is C15H14O4S. The maximum absolute atomic E-state index is 11.9. The molecule has 0 aliphatic carbocycles. The number of methoxy groups -OCH3 is 1. The lowest BCUT2D eigenvalue weighted by Crippen LogP contribution is -2.01. The van der Waals surface area contributed by atoms with Gasteiger partial charge >= 0.3 is 5.97 Å². The summed E-state index contributed by atoms with van der Waals surface area (Å²) in [5.41, 5.74) is 0.867. The van der Waals surface area contributed by atoms with Crippen LogP contribution in [0.4, 0.5) is 0 Å². The number of aliphatic carboxylic acids is 1. The third-order valence-corrected chi connectivity index (χ3v) is 4.07. The van der Waals surface area contributed by atoms with Gasteiger partial charge in [0.2, 0.25) is 0 Å². The summed E-state index contributed by atoms with van der Waals surface area (Å²) in [6.07, 6.45) is 1.58. The Morgan fingerprint density at radius 3 is 2.70 bits per heavy atom. The number of Topliss-reactive ketones (excluding diaryl/α,β-unsaturated/α-hetero) is 1. The number of carboxylic acids is 1. The van der Waals surface area contributed by atoms with E-state index in [9.17, 15) is 9.59 Å². The first-order valence-corrected chi connectivity index (χ1v) is 6.86. The molecule has 0 atom stereocenters. The number of fused-ring (bicyclic) bond motifs is 1. The fraction of sp³-hybridized carbons (Fsp3) is 0.200. The van der Waals surface area contributed by atoms with Crippen molar-refractivity contribution < 1.29 is 19.4 Å². The minimum atomic E-state index is -0.963. The summed E-state index contributed by atoms with van der Waals surface area (Å²) >= 11 is 1.36. The Bertz CT molecular complexity index is 684. The fourth-order valence-corrected chi connectivity index (χ4v) is 2.96. The molecule has 0 aliphatic rings. The number of rotatable bonds is 6. The summed E-state index contributed by atoms with van der Waals surface area (Å²) in [6, 6.07) is 5.55. The summed E-state index contributed by atoms with van der Waals surface area (Å²) in [6.45, 7) is 3.73. The van der Waals surface area contributed by atoms with Gasteiger partial charge in [-0.1, -0.05) is 12.7 Å². The molecule has 0 aliphatic heterocycles. The van der Waals surface area contributed by atoms with E-state index in [0.29, 0.717) is 10.6 Å². The number of benzene rings is 1. The number of carbonyl (C=O) groups is 2. The number of carbonyl (C=O) groups excluding carboxylic acids is 1. The van der Waals surface area contributed by atoms with Crippen molar-refractivity contribution >= 4 is 39.3 Å². The van der Waals surface area contributed by atoms with Crippen molar-refractivity contribution in [1.29, 1.82) is 0 Å². The molecular weight excluding hydrogens is 276 g/mol. The largest absolute Gasteiger partial charge is 0.496 e. The van der Waals surface area contributed by atoms with Gasteiger partial charge in [0.1, 0.15) is 5.75 Å². The van der Waals surface area contributed by atoms with Gasteiger partial charge in [0.25, 0.3) is 0 Å². The zero-order valence-electron chi connectivity index (χ0n) is 11.0. The second kappa shape index (κ2) is 5.88. The Kier molecular flexibility index (Phi) is 4.20. The quantitative estimate of drug-likeness (QED) is 0.826. The molecule has 1 aromatic heterocycles. The summed E-state index contributed by atoms with van der Waals surface area (Å²) in [5.74, 6) is -0.405. The molecule has 0 bridgehead atoms. The predicted octanol–water partition coefficient (Wildman–Crippen LogP) is 3.60. The number of thiophene rings is 1. The third-order valence-electron chi connectivity index (χ3n) is 2.93. The van der Waals surface area contributed by atoms with Gasteiger partial charge in [-0.2, -0.15) is 0 Å². The van der Waals surface area contributed by atoms with E-state index >= 15 is 0 Å². The highest BCUT2D eigenvalue weighted by molar-refractivity contribution is 7.20.